The second kappa shape index (κ2) is 6.55. The van der Waals surface area contributed by atoms with E-state index in [0.717, 1.165) is 4.90 Å². The van der Waals surface area contributed by atoms with Crippen molar-refractivity contribution in [1.29, 1.82) is 0 Å². The smallest absolute Gasteiger partial charge is 0.277 e. The zero-order valence-corrected chi connectivity index (χ0v) is 12.7. The van der Waals surface area contributed by atoms with Crippen molar-refractivity contribution in [2.45, 2.75) is 23.3 Å². The van der Waals surface area contributed by atoms with Crippen molar-refractivity contribution in [3.05, 3.63) is 0 Å². The Morgan fingerprint density at radius 1 is 1.55 bits per heavy atom. The highest BCUT2D eigenvalue weighted by molar-refractivity contribution is 8.00. The molecule has 1 fully saturated rings. The second-order valence-electron chi connectivity index (χ2n) is 4.22. The Morgan fingerprint density at radius 3 is 2.55 bits per heavy atom. The van der Waals surface area contributed by atoms with Crippen LogP contribution < -0.4 is 5.32 Å². The van der Waals surface area contributed by atoms with E-state index in [1.165, 1.54) is 18.8 Å². The quantitative estimate of drug-likeness (QED) is 0.468. The molecule has 114 valence electrons. The van der Waals surface area contributed by atoms with Crippen LogP contribution in [-0.4, -0.2) is 65.9 Å². The Morgan fingerprint density at radius 2 is 2.15 bits per heavy atom. The molecule has 8 nitrogen and oxygen atoms in total. The molecule has 0 radical (unpaired) electrons. The van der Waals surface area contributed by atoms with Gasteiger partial charge in [0, 0.05) is 20.0 Å². The number of imide groups is 1. The first-order chi connectivity index (χ1) is 9.22. The number of carbonyl (C=O) groups excluding carboxylic acids is 3. The molecule has 0 spiro atoms. The molecule has 2 atom stereocenters. The summed E-state index contributed by atoms with van der Waals surface area (Å²) in [5.41, 5.74) is 0. The highest BCUT2D eigenvalue weighted by atomic mass is 32.2. The van der Waals surface area contributed by atoms with E-state index in [1.54, 1.807) is 6.26 Å². The van der Waals surface area contributed by atoms with Crippen molar-refractivity contribution in [3.8, 4) is 0 Å². The number of amides is 3. The molecule has 0 aromatic heterocycles. The van der Waals surface area contributed by atoms with Gasteiger partial charge in [0.25, 0.3) is 10.1 Å². The Balaban J connectivity index is 2.76. The standard InChI is InChI=1S/C10H16N2O6S2/c1-11-9(14)7(20(16,17)18)3-4-12-8(13)5-6(19-2)10(12)15/h6-7H,3-5H2,1-2H3,(H,11,14)(H,16,17,18). The number of hydrogen-bond acceptors (Lipinski definition) is 6. The SMILES string of the molecule is CNC(=O)C(CCN1C(=O)CC(SC)C1=O)S(=O)(=O)O. The van der Waals surface area contributed by atoms with Crippen LogP contribution in [0.1, 0.15) is 12.8 Å². The number of thioether (sulfide) groups is 1. The van der Waals surface area contributed by atoms with E-state index in [4.69, 9.17) is 4.55 Å². The van der Waals surface area contributed by atoms with Gasteiger partial charge in [-0.2, -0.15) is 20.2 Å². The van der Waals surface area contributed by atoms with Gasteiger partial charge in [-0.05, 0) is 12.7 Å². The minimum absolute atomic E-state index is 0.0660. The molecule has 10 heteroatoms. The second-order valence-corrected chi connectivity index (χ2v) is 6.86. The van der Waals surface area contributed by atoms with Gasteiger partial charge in [0.1, 0.15) is 0 Å². The van der Waals surface area contributed by atoms with Crippen molar-refractivity contribution >= 4 is 39.6 Å². The van der Waals surface area contributed by atoms with Crippen LogP contribution in [0.5, 0.6) is 0 Å². The van der Waals surface area contributed by atoms with Crippen molar-refractivity contribution in [2.24, 2.45) is 0 Å². The lowest BCUT2D eigenvalue weighted by molar-refractivity contribution is -0.138. The fourth-order valence-corrected chi connectivity index (χ4v) is 3.32. The molecule has 0 aliphatic carbocycles. The number of hydrogen-bond donors (Lipinski definition) is 2. The fraction of sp³-hybridized carbons (Fsp3) is 0.700. The molecule has 20 heavy (non-hydrogen) atoms. The van der Waals surface area contributed by atoms with E-state index in [1.807, 2.05) is 0 Å². The molecule has 0 aromatic carbocycles. The number of nitrogens with zero attached hydrogens (tertiary/aromatic N) is 1. The molecule has 1 rings (SSSR count). The number of nitrogens with one attached hydrogen (secondary N) is 1. The van der Waals surface area contributed by atoms with Gasteiger partial charge >= 0.3 is 0 Å². The summed E-state index contributed by atoms with van der Waals surface area (Å²) in [6, 6.07) is 0. The van der Waals surface area contributed by atoms with Crippen LogP contribution in [0.15, 0.2) is 0 Å². The molecule has 1 heterocycles. The largest absolute Gasteiger partial charge is 0.358 e. The maximum Gasteiger partial charge on any atom is 0.277 e. The van der Waals surface area contributed by atoms with Crippen LogP contribution in [0.3, 0.4) is 0 Å². The van der Waals surface area contributed by atoms with E-state index in [0.29, 0.717) is 0 Å². The Kier molecular flexibility index (Phi) is 5.54. The van der Waals surface area contributed by atoms with Crippen LogP contribution in [0.25, 0.3) is 0 Å². The van der Waals surface area contributed by atoms with Crippen LogP contribution >= 0.6 is 11.8 Å². The van der Waals surface area contributed by atoms with E-state index >= 15 is 0 Å². The van der Waals surface area contributed by atoms with Crippen molar-refractivity contribution < 1.29 is 27.4 Å². The lowest BCUT2D eigenvalue weighted by Crippen LogP contribution is -2.41. The minimum atomic E-state index is -4.59. The Hall–Kier alpha value is -1.13. The maximum atomic E-state index is 11.8. The van der Waals surface area contributed by atoms with Gasteiger partial charge in [-0.3, -0.25) is 23.8 Å². The summed E-state index contributed by atoms with van der Waals surface area (Å²) in [5, 5.41) is -0.0404. The lowest BCUT2D eigenvalue weighted by Gasteiger charge is -2.17. The van der Waals surface area contributed by atoms with Gasteiger partial charge in [-0.25, -0.2) is 0 Å². The van der Waals surface area contributed by atoms with Gasteiger partial charge in [0.15, 0.2) is 5.25 Å². The van der Waals surface area contributed by atoms with Crippen molar-refractivity contribution in [3.63, 3.8) is 0 Å². The number of rotatable bonds is 6. The third-order valence-corrected chi connectivity index (χ3v) is 5.11. The molecule has 1 aliphatic heterocycles. The van der Waals surface area contributed by atoms with E-state index in [2.05, 4.69) is 5.32 Å². The number of carbonyl (C=O) groups is 3. The number of likely N-dealkylation sites (tertiary alicyclic amines) is 1. The third kappa shape index (κ3) is 3.70. The summed E-state index contributed by atoms with van der Waals surface area (Å²) < 4.78 is 31.2. The highest BCUT2D eigenvalue weighted by Gasteiger charge is 2.39. The van der Waals surface area contributed by atoms with Crippen LogP contribution in [0, 0.1) is 0 Å². The zero-order valence-electron chi connectivity index (χ0n) is 11.0. The molecule has 2 N–H and O–H groups in total. The molecule has 0 saturated carbocycles. The molecule has 1 aliphatic rings. The average Bonchev–Trinajstić information content (AvgIpc) is 2.63. The van der Waals surface area contributed by atoms with E-state index < -0.39 is 38.3 Å². The van der Waals surface area contributed by atoms with Gasteiger partial charge in [-0.1, -0.05) is 0 Å². The highest BCUT2D eigenvalue weighted by Crippen LogP contribution is 2.23. The molecule has 0 aromatic rings. The van der Waals surface area contributed by atoms with Gasteiger partial charge in [-0.15, -0.1) is 0 Å². The van der Waals surface area contributed by atoms with Gasteiger partial charge in [0.05, 0.1) is 5.25 Å². The molecule has 3 amide bonds. The Bertz CT molecular complexity index is 518. The summed E-state index contributed by atoms with van der Waals surface area (Å²) in [4.78, 5) is 35.8. The molecule has 2 unspecified atom stereocenters. The third-order valence-electron chi connectivity index (χ3n) is 3.00. The van der Waals surface area contributed by atoms with Gasteiger partial charge < -0.3 is 5.32 Å². The van der Waals surface area contributed by atoms with E-state index in [9.17, 15) is 22.8 Å². The topological polar surface area (TPSA) is 121 Å². The van der Waals surface area contributed by atoms with Crippen LogP contribution in [-0.2, 0) is 24.5 Å². The van der Waals surface area contributed by atoms with Crippen molar-refractivity contribution in [1.82, 2.24) is 10.2 Å². The molecule has 1 saturated heterocycles. The summed E-state index contributed by atoms with van der Waals surface area (Å²) in [7, 11) is -3.36. The first-order valence-electron chi connectivity index (χ1n) is 5.77. The zero-order chi connectivity index (χ0) is 15.5. The predicted octanol–water partition coefficient (Wildman–Crippen LogP) is -1.13. The molecular formula is C10H16N2O6S2. The molecular weight excluding hydrogens is 308 g/mol. The summed E-state index contributed by atoms with van der Waals surface area (Å²) in [5.74, 6) is -1.68. The lowest BCUT2D eigenvalue weighted by atomic mass is 10.2. The summed E-state index contributed by atoms with van der Waals surface area (Å²) in [6.45, 7) is -0.216. The van der Waals surface area contributed by atoms with Gasteiger partial charge in [0.2, 0.25) is 17.7 Å². The Labute approximate surface area is 121 Å². The monoisotopic (exact) mass is 324 g/mol. The average molecular weight is 324 g/mol. The first kappa shape index (κ1) is 16.9. The summed E-state index contributed by atoms with van der Waals surface area (Å²) >= 11 is 1.24. The van der Waals surface area contributed by atoms with Crippen LogP contribution in [0.2, 0.25) is 0 Å². The summed E-state index contributed by atoms with van der Waals surface area (Å²) in [6.07, 6.45) is 1.43. The first-order valence-corrected chi connectivity index (χ1v) is 8.56. The van der Waals surface area contributed by atoms with Crippen LogP contribution in [0.4, 0.5) is 0 Å². The normalized spacial score (nSPS) is 21.1. The van der Waals surface area contributed by atoms with E-state index in [-0.39, 0.29) is 19.4 Å². The minimum Gasteiger partial charge on any atom is -0.358 e. The fourth-order valence-electron chi connectivity index (χ4n) is 1.89. The molecule has 0 bridgehead atoms. The maximum absolute atomic E-state index is 11.8. The predicted molar refractivity (Wildman–Crippen MR) is 72.7 cm³/mol. The van der Waals surface area contributed by atoms with Crippen molar-refractivity contribution in [2.75, 3.05) is 19.8 Å².